The summed E-state index contributed by atoms with van der Waals surface area (Å²) >= 11 is 1.87. The van der Waals surface area contributed by atoms with Crippen molar-refractivity contribution >= 4 is 17.4 Å². The Bertz CT molecular complexity index is 420. The monoisotopic (exact) mass is 286 g/mol. The Morgan fingerprint density at radius 3 is 2.21 bits per heavy atom. The Hall–Kier alpha value is -0.810. The second-order valence-electron chi connectivity index (χ2n) is 5.10. The molecule has 1 saturated heterocycles. The molecule has 1 aromatic carbocycles. The zero-order valence-corrected chi connectivity index (χ0v) is 12.4. The molecule has 1 aliphatic heterocycles. The number of anilines is 1. The van der Waals surface area contributed by atoms with Crippen molar-refractivity contribution in [2.75, 3.05) is 25.0 Å². The molecule has 106 valence electrons. The first-order valence-corrected chi connectivity index (χ1v) is 7.48. The van der Waals surface area contributed by atoms with Gasteiger partial charge in [0, 0.05) is 30.1 Å². The third-order valence-corrected chi connectivity index (χ3v) is 4.42. The molecule has 0 aliphatic carbocycles. The number of nitrogens with zero attached hydrogens (tertiary/aromatic N) is 1. The van der Waals surface area contributed by atoms with E-state index in [1.807, 2.05) is 16.7 Å². The van der Waals surface area contributed by atoms with Crippen molar-refractivity contribution in [2.45, 2.75) is 30.9 Å². The molecule has 5 heteroatoms. The fourth-order valence-electron chi connectivity index (χ4n) is 2.59. The molecule has 19 heavy (non-hydrogen) atoms. The summed E-state index contributed by atoms with van der Waals surface area (Å²) in [5.41, 5.74) is 0.757. The van der Waals surface area contributed by atoms with Crippen LogP contribution in [-0.4, -0.2) is 30.6 Å². The van der Waals surface area contributed by atoms with Crippen LogP contribution in [0.25, 0.3) is 0 Å². The highest BCUT2D eigenvalue weighted by molar-refractivity contribution is 8.00. The van der Waals surface area contributed by atoms with Crippen molar-refractivity contribution in [2.24, 2.45) is 0 Å². The summed E-state index contributed by atoms with van der Waals surface area (Å²) in [6.07, 6.45) is 0. The van der Waals surface area contributed by atoms with E-state index < -0.39 is 11.6 Å². The number of rotatable bonds is 3. The van der Waals surface area contributed by atoms with Gasteiger partial charge in [-0.05, 0) is 24.7 Å². The lowest BCUT2D eigenvalue weighted by molar-refractivity contribution is 0.561. The van der Waals surface area contributed by atoms with E-state index in [-0.39, 0.29) is 5.69 Å². The molecule has 1 N–H and O–H groups in total. The Morgan fingerprint density at radius 1 is 1.21 bits per heavy atom. The molecular weight excluding hydrogens is 266 g/mol. The lowest BCUT2D eigenvalue weighted by atomic mass is 10.1. The third kappa shape index (κ3) is 3.39. The average molecular weight is 286 g/mol. The van der Waals surface area contributed by atoms with Crippen molar-refractivity contribution in [3.63, 3.8) is 0 Å². The van der Waals surface area contributed by atoms with Crippen LogP contribution in [0.2, 0.25) is 0 Å². The molecule has 1 aliphatic rings. The van der Waals surface area contributed by atoms with Gasteiger partial charge >= 0.3 is 0 Å². The minimum atomic E-state index is -0.462. The molecule has 0 bridgehead atoms. The normalized spacial score (nSPS) is 23.7. The average Bonchev–Trinajstić information content (AvgIpc) is 2.26. The lowest BCUT2D eigenvalue weighted by Gasteiger charge is -2.36. The van der Waals surface area contributed by atoms with E-state index in [1.54, 1.807) is 7.05 Å². The summed E-state index contributed by atoms with van der Waals surface area (Å²) in [6.45, 7) is 6.04. The van der Waals surface area contributed by atoms with Crippen LogP contribution in [0.5, 0.6) is 0 Å². The van der Waals surface area contributed by atoms with Crippen molar-refractivity contribution < 1.29 is 8.78 Å². The van der Waals surface area contributed by atoms with Crippen LogP contribution in [-0.2, 0) is 6.54 Å². The molecule has 2 atom stereocenters. The third-order valence-electron chi connectivity index (χ3n) is 3.19. The minimum absolute atomic E-state index is 0.124. The summed E-state index contributed by atoms with van der Waals surface area (Å²) in [5.74, 6) is -0.923. The smallest absolute Gasteiger partial charge is 0.149 e. The second-order valence-corrected chi connectivity index (χ2v) is 6.98. The molecule has 1 aromatic rings. The van der Waals surface area contributed by atoms with Gasteiger partial charge in [0.25, 0.3) is 0 Å². The predicted molar refractivity (Wildman–Crippen MR) is 77.8 cm³/mol. The largest absolute Gasteiger partial charge is 0.365 e. The first-order chi connectivity index (χ1) is 9.01. The van der Waals surface area contributed by atoms with E-state index in [9.17, 15) is 8.78 Å². The van der Waals surface area contributed by atoms with Gasteiger partial charge in [-0.3, -0.25) is 0 Å². The fraction of sp³-hybridized carbons (Fsp3) is 0.571. The Balaban J connectivity index is 2.29. The standard InChI is InChI=1S/C14H20F2N2S/c1-9-7-18(8-10(2)19-9)14-12(15)4-11(6-17-3)5-13(14)16/h4-5,9-10,17H,6-8H2,1-3H3. The van der Waals surface area contributed by atoms with Crippen LogP contribution >= 0.6 is 11.8 Å². The maximum atomic E-state index is 14.2. The molecule has 1 fully saturated rings. The first-order valence-electron chi connectivity index (χ1n) is 6.54. The van der Waals surface area contributed by atoms with E-state index in [0.717, 1.165) is 0 Å². The van der Waals surface area contributed by atoms with Crippen molar-refractivity contribution in [1.82, 2.24) is 5.32 Å². The van der Waals surface area contributed by atoms with Crippen molar-refractivity contribution in [3.05, 3.63) is 29.3 Å². The molecule has 0 aromatic heterocycles. The maximum absolute atomic E-state index is 14.2. The number of halogens is 2. The molecule has 0 amide bonds. The number of nitrogens with one attached hydrogen (secondary N) is 1. The minimum Gasteiger partial charge on any atom is -0.365 e. The fourth-order valence-corrected chi connectivity index (χ4v) is 3.91. The van der Waals surface area contributed by atoms with Crippen LogP contribution in [0.1, 0.15) is 19.4 Å². The lowest BCUT2D eigenvalue weighted by Crippen LogP contribution is -2.41. The molecule has 0 saturated carbocycles. The van der Waals surface area contributed by atoms with E-state index in [1.165, 1.54) is 12.1 Å². The van der Waals surface area contributed by atoms with Gasteiger partial charge in [0.05, 0.1) is 0 Å². The van der Waals surface area contributed by atoms with Gasteiger partial charge in [-0.15, -0.1) is 0 Å². The van der Waals surface area contributed by atoms with Crippen LogP contribution < -0.4 is 10.2 Å². The summed E-state index contributed by atoms with van der Waals surface area (Å²) in [7, 11) is 1.76. The highest BCUT2D eigenvalue weighted by Crippen LogP contribution is 2.32. The molecule has 2 unspecified atom stereocenters. The highest BCUT2D eigenvalue weighted by Gasteiger charge is 2.26. The Labute approximate surface area is 117 Å². The van der Waals surface area contributed by atoms with Gasteiger partial charge < -0.3 is 10.2 Å². The van der Waals surface area contributed by atoms with Gasteiger partial charge in [-0.2, -0.15) is 11.8 Å². The van der Waals surface area contributed by atoms with E-state index in [2.05, 4.69) is 19.2 Å². The summed E-state index contributed by atoms with van der Waals surface area (Å²) in [5, 5.41) is 3.68. The first kappa shape index (κ1) is 14.6. The van der Waals surface area contributed by atoms with E-state index >= 15 is 0 Å². The molecule has 1 heterocycles. The topological polar surface area (TPSA) is 15.3 Å². The van der Waals surface area contributed by atoms with Crippen molar-refractivity contribution in [3.8, 4) is 0 Å². The Morgan fingerprint density at radius 2 is 1.74 bits per heavy atom. The second kappa shape index (κ2) is 6.09. The molecule has 2 nitrogen and oxygen atoms in total. The van der Waals surface area contributed by atoms with Crippen molar-refractivity contribution in [1.29, 1.82) is 0 Å². The summed E-state index contributed by atoms with van der Waals surface area (Å²) < 4.78 is 28.3. The Kier molecular flexibility index (Phi) is 4.68. The number of hydrogen-bond acceptors (Lipinski definition) is 3. The van der Waals surface area contributed by atoms with Gasteiger partial charge in [0.15, 0.2) is 0 Å². The van der Waals surface area contributed by atoms with Gasteiger partial charge in [0.1, 0.15) is 17.3 Å². The van der Waals surface area contributed by atoms with Gasteiger partial charge in [0.2, 0.25) is 0 Å². The molecule has 0 spiro atoms. The number of hydrogen-bond donors (Lipinski definition) is 1. The van der Waals surface area contributed by atoms with Crippen LogP contribution in [0, 0.1) is 11.6 Å². The van der Waals surface area contributed by atoms with Crippen LogP contribution in [0.3, 0.4) is 0 Å². The SMILES string of the molecule is CNCc1cc(F)c(N2CC(C)SC(C)C2)c(F)c1. The van der Waals surface area contributed by atoms with Crippen LogP contribution in [0.15, 0.2) is 12.1 Å². The predicted octanol–water partition coefficient (Wildman–Crippen LogP) is 3.01. The zero-order chi connectivity index (χ0) is 14.0. The summed E-state index contributed by atoms with van der Waals surface area (Å²) in [4.78, 5) is 1.83. The van der Waals surface area contributed by atoms with Crippen LogP contribution in [0.4, 0.5) is 14.5 Å². The maximum Gasteiger partial charge on any atom is 0.149 e. The molecular formula is C14H20F2N2S. The summed E-state index contributed by atoms with van der Waals surface area (Å²) in [6, 6.07) is 2.85. The number of benzene rings is 1. The van der Waals surface area contributed by atoms with E-state index in [0.29, 0.717) is 35.7 Å². The molecule has 2 rings (SSSR count). The quantitative estimate of drug-likeness (QED) is 0.919. The van der Waals surface area contributed by atoms with Gasteiger partial charge in [-0.1, -0.05) is 13.8 Å². The zero-order valence-electron chi connectivity index (χ0n) is 11.5. The van der Waals surface area contributed by atoms with Gasteiger partial charge in [-0.25, -0.2) is 8.78 Å². The highest BCUT2D eigenvalue weighted by atomic mass is 32.2. The van der Waals surface area contributed by atoms with E-state index in [4.69, 9.17) is 0 Å². The number of thioether (sulfide) groups is 1. The molecule has 0 radical (unpaired) electrons.